The summed E-state index contributed by atoms with van der Waals surface area (Å²) in [5.41, 5.74) is 2.19. The highest BCUT2D eigenvalue weighted by atomic mass is 79.9. The highest BCUT2D eigenvalue weighted by molar-refractivity contribution is 9.10. The largest absolute Gasteiger partial charge is 0.268 e. The fourth-order valence-corrected chi connectivity index (χ4v) is 3.75. The van der Waals surface area contributed by atoms with Crippen LogP contribution < -0.4 is 0 Å². The van der Waals surface area contributed by atoms with Crippen LogP contribution in [0.2, 0.25) is 5.02 Å². The summed E-state index contributed by atoms with van der Waals surface area (Å²) in [7, 11) is 0. The predicted molar refractivity (Wildman–Crippen MR) is 99.2 cm³/mol. The van der Waals surface area contributed by atoms with Gasteiger partial charge in [-0.2, -0.15) is 5.10 Å². The van der Waals surface area contributed by atoms with Crippen molar-refractivity contribution in [2.45, 2.75) is 28.7 Å². The minimum absolute atomic E-state index is 0.573. The number of benzene rings is 2. The van der Waals surface area contributed by atoms with Crippen LogP contribution in [0.15, 0.2) is 69.0 Å². The van der Waals surface area contributed by atoms with Gasteiger partial charge in [-0.15, -0.1) is 0 Å². The van der Waals surface area contributed by atoms with Gasteiger partial charge in [-0.3, -0.25) is 4.68 Å². The molecule has 1 heterocycles. The van der Waals surface area contributed by atoms with E-state index < -0.39 is 0 Å². The van der Waals surface area contributed by atoms with E-state index in [1.54, 1.807) is 11.8 Å². The second-order valence-electron chi connectivity index (χ2n) is 5.62. The maximum Gasteiger partial charge on any atom is 0.106 e. The summed E-state index contributed by atoms with van der Waals surface area (Å²) >= 11 is 11.2. The lowest BCUT2D eigenvalue weighted by molar-refractivity contribution is 0.642. The molecule has 0 unspecified atom stereocenters. The topological polar surface area (TPSA) is 17.8 Å². The summed E-state index contributed by atoms with van der Waals surface area (Å²) in [5.74, 6) is 0. The molecule has 4 rings (SSSR count). The molecule has 5 heteroatoms. The zero-order valence-corrected chi connectivity index (χ0v) is 15.4. The molecule has 0 spiro atoms. The van der Waals surface area contributed by atoms with Crippen LogP contribution in [-0.2, 0) is 0 Å². The van der Waals surface area contributed by atoms with E-state index in [9.17, 15) is 0 Å². The molecule has 0 saturated heterocycles. The Kier molecular flexibility index (Phi) is 4.22. The van der Waals surface area contributed by atoms with Crippen LogP contribution in [0.4, 0.5) is 0 Å². The molecular weight excluding hydrogens is 392 g/mol. The smallest absolute Gasteiger partial charge is 0.106 e. The number of nitrogens with zero attached hydrogens (tertiary/aromatic N) is 2. The Labute approximate surface area is 153 Å². The molecule has 116 valence electrons. The van der Waals surface area contributed by atoms with Crippen molar-refractivity contribution in [3.63, 3.8) is 0 Å². The SMILES string of the molecule is Clc1ccc(Sc2cn(C3CC3)nc2-c2ccc(Br)cc2)cc1. The molecule has 23 heavy (non-hydrogen) atoms. The van der Waals surface area contributed by atoms with Gasteiger partial charge in [0, 0.05) is 26.2 Å². The normalized spacial score (nSPS) is 14.2. The van der Waals surface area contributed by atoms with Gasteiger partial charge < -0.3 is 0 Å². The zero-order valence-electron chi connectivity index (χ0n) is 12.2. The third kappa shape index (κ3) is 3.49. The first-order valence-electron chi connectivity index (χ1n) is 7.47. The third-order valence-corrected chi connectivity index (χ3v) is 5.59. The Bertz CT molecular complexity index is 823. The molecule has 1 saturated carbocycles. The fraction of sp³-hybridized carbons (Fsp3) is 0.167. The summed E-state index contributed by atoms with van der Waals surface area (Å²) in [6.45, 7) is 0. The lowest BCUT2D eigenvalue weighted by atomic mass is 10.2. The van der Waals surface area contributed by atoms with Crippen molar-refractivity contribution in [1.29, 1.82) is 0 Å². The maximum atomic E-state index is 5.98. The summed E-state index contributed by atoms with van der Waals surface area (Å²) in [6.07, 6.45) is 4.63. The Hall–Kier alpha value is -1.23. The molecule has 1 aliphatic rings. The summed E-state index contributed by atoms with van der Waals surface area (Å²) < 4.78 is 3.20. The van der Waals surface area contributed by atoms with E-state index in [4.69, 9.17) is 16.7 Å². The van der Waals surface area contributed by atoms with Crippen molar-refractivity contribution in [3.05, 3.63) is 64.2 Å². The van der Waals surface area contributed by atoms with Crippen LogP contribution in [0, 0.1) is 0 Å². The van der Waals surface area contributed by atoms with E-state index >= 15 is 0 Å². The van der Waals surface area contributed by atoms with Gasteiger partial charge in [-0.1, -0.05) is 51.4 Å². The first-order valence-corrected chi connectivity index (χ1v) is 9.46. The standard InChI is InChI=1S/C18H14BrClN2S/c19-13-3-1-12(2-4-13)18-17(11-22(21-18)15-7-8-15)23-16-9-5-14(20)6-10-16/h1-6,9-11,15H,7-8H2. The highest BCUT2D eigenvalue weighted by Crippen LogP contribution is 2.40. The van der Waals surface area contributed by atoms with Crippen LogP contribution in [0.3, 0.4) is 0 Å². The molecule has 3 aromatic rings. The van der Waals surface area contributed by atoms with Crippen molar-refractivity contribution < 1.29 is 0 Å². The number of hydrogen-bond donors (Lipinski definition) is 0. The van der Waals surface area contributed by atoms with Gasteiger partial charge in [0.2, 0.25) is 0 Å². The fourth-order valence-electron chi connectivity index (χ4n) is 2.41. The average Bonchev–Trinajstić information content (AvgIpc) is 3.32. The van der Waals surface area contributed by atoms with E-state index in [1.165, 1.54) is 22.6 Å². The van der Waals surface area contributed by atoms with E-state index in [0.717, 1.165) is 20.8 Å². The lowest BCUT2D eigenvalue weighted by Gasteiger charge is -2.03. The minimum Gasteiger partial charge on any atom is -0.268 e. The molecule has 0 radical (unpaired) electrons. The van der Waals surface area contributed by atoms with Crippen LogP contribution in [0.5, 0.6) is 0 Å². The first-order chi connectivity index (χ1) is 11.2. The van der Waals surface area contributed by atoms with Gasteiger partial charge in [0.25, 0.3) is 0 Å². The van der Waals surface area contributed by atoms with Crippen molar-refractivity contribution in [2.24, 2.45) is 0 Å². The number of halogens is 2. The molecule has 0 N–H and O–H groups in total. The van der Waals surface area contributed by atoms with Crippen LogP contribution >= 0.6 is 39.3 Å². The van der Waals surface area contributed by atoms with E-state index in [2.05, 4.69) is 51.1 Å². The van der Waals surface area contributed by atoms with Crippen molar-refractivity contribution in [1.82, 2.24) is 9.78 Å². The molecule has 0 amide bonds. The van der Waals surface area contributed by atoms with Crippen LogP contribution in [-0.4, -0.2) is 9.78 Å². The predicted octanol–water partition coefficient (Wildman–Crippen LogP) is 6.45. The van der Waals surface area contributed by atoms with Crippen LogP contribution in [0.25, 0.3) is 11.3 Å². The van der Waals surface area contributed by atoms with Gasteiger partial charge in [0.15, 0.2) is 0 Å². The molecule has 2 nitrogen and oxygen atoms in total. The molecular formula is C18H14BrClN2S. The Morgan fingerprint density at radius 2 is 1.74 bits per heavy atom. The summed E-state index contributed by atoms with van der Waals surface area (Å²) in [6, 6.07) is 16.8. The quantitative estimate of drug-likeness (QED) is 0.496. The number of rotatable bonds is 4. The molecule has 1 aromatic heterocycles. The molecule has 0 bridgehead atoms. The zero-order chi connectivity index (χ0) is 15.8. The van der Waals surface area contributed by atoms with Gasteiger partial charge >= 0.3 is 0 Å². The lowest BCUT2D eigenvalue weighted by Crippen LogP contribution is -1.93. The van der Waals surface area contributed by atoms with Crippen molar-refractivity contribution >= 4 is 39.3 Å². The molecule has 1 aliphatic carbocycles. The van der Waals surface area contributed by atoms with Crippen molar-refractivity contribution in [2.75, 3.05) is 0 Å². The second kappa shape index (κ2) is 6.34. The number of aromatic nitrogens is 2. The highest BCUT2D eigenvalue weighted by Gasteiger charge is 2.26. The Morgan fingerprint density at radius 1 is 1.04 bits per heavy atom. The Balaban J connectivity index is 1.71. The molecule has 2 aromatic carbocycles. The Morgan fingerprint density at radius 3 is 2.39 bits per heavy atom. The summed E-state index contributed by atoms with van der Waals surface area (Å²) in [5, 5.41) is 5.60. The van der Waals surface area contributed by atoms with Crippen molar-refractivity contribution in [3.8, 4) is 11.3 Å². The van der Waals surface area contributed by atoms with E-state index in [-0.39, 0.29) is 0 Å². The molecule has 0 atom stereocenters. The minimum atomic E-state index is 0.573. The monoisotopic (exact) mass is 404 g/mol. The van der Waals surface area contributed by atoms with E-state index in [0.29, 0.717) is 6.04 Å². The molecule has 0 aliphatic heterocycles. The maximum absolute atomic E-state index is 5.98. The van der Waals surface area contributed by atoms with Gasteiger partial charge in [0.1, 0.15) is 5.69 Å². The average molecular weight is 406 g/mol. The molecule has 1 fully saturated rings. The van der Waals surface area contributed by atoms with Crippen LogP contribution in [0.1, 0.15) is 18.9 Å². The second-order valence-corrected chi connectivity index (χ2v) is 8.08. The van der Waals surface area contributed by atoms with Gasteiger partial charge in [-0.25, -0.2) is 0 Å². The number of hydrogen-bond acceptors (Lipinski definition) is 2. The van der Waals surface area contributed by atoms with Gasteiger partial charge in [-0.05, 0) is 49.2 Å². The van der Waals surface area contributed by atoms with Gasteiger partial charge in [0.05, 0.1) is 10.9 Å². The first kappa shape index (κ1) is 15.3. The van der Waals surface area contributed by atoms with E-state index in [1.807, 2.05) is 24.3 Å². The summed E-state index contributed by atoms with van der Waals surface area (Å²) in [4.78, 5) is 2.35. The third-order valence-electron chi connectivity index (χ3n) is 3.78.